The number of rotatable bonds is 11. The van der Waals surface area contributed by atoms with Crippen LogP contribution in [0, 0.1) is 6.92 Å². The Morgan fingerprint density at radius 3 is 2.33 bits per heavy atom. The first-order valence-electron chi connectivity index (χ1n) is 13.2. The highest BCUT2D eigenvalue weighted by atomic mass is 16.5. The van der Waals surface area contributed by atoms with Crippen molar-refractivity contribution >= 4 is 17.4 Å². The molecule has 1 unspecified atom stereocenters. The van der Waals surface area contributed by atoms with E-state index in [-0.39, 0.29) is 11.3 Å². The summed E-state index contributed by atoms with van der Waals surface area (Å²) in [7, 11) is 3.82. The molecule has 7 heteroatoms. The molecule has 0 spiro atoms. The molecule has 1 amide bonds. The molecule has 39 heavy (non-hydrogen) atoms. The van der Waals surface area contributed by atoms with Gasteiger partial charge >= 0.3 is 0 Å². The van der Waals surface area contributed by atoms with Crippen molar-refractivity contribution in [2.75, 3.05) is 33.8 Å². The third kappa shape index (κ3) is 6.49. The Labute approximate surface area is 230 Å². The van der Waals surface area contributed by atoms with Crippen LogP contribution in [0.4, 0.5) is 0 Å². The summed E-state index contributed by atoms with van der Waals surface area (Å²) in [6.07, 6.45) is 0.883. The van der Waals surface area contributed by atoms with E-state index in [4.69, 9.17) is 9.47 Å². The number of hydrogen-bond acceptors (Lipinski definition) is 6. The fourth-order valence-corrected chi connectivity index (χ4v) is 4.58. The molecule has 3 aromatic carbocycles. The van der Waals surface area contributed by atoms with Crippen LogP contribution in [-0.4, -0.2) is 60.4 Å². The molecule has 1 aliphatic heterocycles. The summed E-state index contributed by atoms with van der Waals surface area (Å²) in [4.78, 5) is 30.0. The summed E-state index contributed by atoms with van der Waals surface area (Å²) in [5.41, 5.74) is 3.17. The Hall–Kier alpha value is -4.10. The predicted molar refractivity (Wildman–Crippen MR) is 152 cm³/mol. The second-order valence-electron chi connectivity index (χ2n) is 9.97. The minimum Gasteiger partial charge on any atom is -0.507 e. The Bertz CT molecular complexity index is 1330. The van der Waals surface area contributed by atoms with Gasteiger partial charge in [-0.25, -0.2) is 0 Å². The number of nitrogens with zero attached hydrogens (tertiary/aromatic N) is 2. The quantitative estimate of drug-likeness (QED) is 0.205. The van der Waals surface area contributed by atoms with Gasteiger partial charge in [-0.3, -0.25) is 9.59 Å². The van der Waals surface area contributed by atoms with Gasteiger partial charge in [0.1, 0.15) is 23.9 Å². The highest BCUT2D eigenvalue weighted by Crippen LogP contribution is 2.40. The number of benzene rings is 3. The Morgan fingerprint density at radius 1 is 0.974 bits per heavy atom. The number of carbonyl (C=O) groups is 2. The molecule has 204 valence electrons. The fraction of sp³-hybridized carbons (Fsp3) is 0.312. The van der Waals surface area contributed by atoms with Crippen LogP contribution in [0.25, 0.3) is 5.76 Å². The number of aliphatic hydroxyl groups excluding tert-OH is 1. The minimum atomic E-state index is -0.718. The molecule has 0 aliphatic carbocycles. The van der Waals surface area contributed by atoms with E-state index >= 15 is 0 Å². The molecule has 4 rings (SSSR count). The molecule has 0 bridgehead atoms. The highest BCUT2D eigenvalue weighted by molar-refractivity contribution is 6.46. The molecule has 1 aliphatic rings. The zero-order valence-electron chi connectivity index (χ0n) is 23.0. The molecule has 1 fully saturated rings. The lowest BCUT2D eigenvalue weighted by Crippen LogP contribution is -2.35. The molecule has 1 atom stereocenters. The lowest BCUT2D eigenvalue weighted by Gasteiger charge is -2.26. The monoisotopic (exact) mass is 528 g/mol. The third-order valence-corrected chi connectivity index (χ3v) is 6.68. The number of likely N-dealkylation sites (tertiary alicyclic amines) is 1. The number of Topliss-reactive ketones (excluding diaryl/α,β-unsaturated/α-hetero) is 1. The van der Waals surface area contributed by atoms with E-state index in [0.717, 1.165) is 28.9 Å². The van der Waals surface area contributed by atoms with Crippen LogP contribution in [-0.2, 0) is 16.2 Å². The maximum absolute atomic E-state index is 13.3. The first kappa shape index (κ1) is 27.9. The standard InChI is InChI=1S/C32H36N2O5/c1-5-19-38-27-16-13-25(20-22(27)2)30(35)28-29(34(18-17-33(3)4)32(37)31(28)36)24-11-14-26(15-12-24)39-21-23-9-7-6-8-10-23/h6-16,20,29,35H,5,17-19,21H2,1-4H3/b30-28+. The van der Waals surface area contributed by atoms with Gasteiger partial charge in [0.2, 0.25) is 0 Å². The summed E-state index contributed by atoms with van der Waals surface area (Å²) in [6, 6.07) is 21.8. The molecule has 1 saturated heterocycles. The van der Waals surface area contributed by atoms with E-state index in [2.05, 4.69) is 0 Å². The fourth-order valence-electron chi connectivity index (χ4n) is 4.58. The SMILES string of the molecule is CCCOc1ccc(/C(O)=C2\C(=O)C(=O)N(CCN(C)C)C2c2ccc(OCc3ccccc3)cc2)cc1C. The largest absolute Gasteiger partial charge is 0.507 e. The maximum Gasteiger partial charge on any atom is 0.295 e. The molecule has 1 heterocycles. The van der Waals surface area contributed by atoms with Crippen LogP contribution >= 0.6 is 0 Å². The summed E-state index contributed by atoms with van der Waals surface area (Å²) in [6.45, 7) is 5.86. The van der Waals surface area contributed by atoms with E-state index in [1.165, 1.54) is 0 Å². The zero-order valence-corrected chi connectivity index (χ0v) is 23.0. The van der Waals surface area contributed by atoms with Crippen LogP contribution in [0.1, 0.15) is 41.6 Å². The van der Waals surface area contributed by atoms with Crippen LogP contribution in [0.5, 0.6) is 11.5 Å². The minimum absolute atomic E-state index is 0.0818. The van der Waals surface area contributed by atoms with E-state index in [9.17, 15) is 14.7 Å². The first-order valence-corrected chi connectivity index (χ1v) is 13.2. The average Bonchev–Trinajstić information content (AvgIpc) is 3.19. The van der Waals surface area contributed by atoms with Crippen molar-refractivity contribution in [3.05, 3.63) is 101 Å². The number of aryl methyl sites for hydroxylation is 1. The first-order chi connectivity index (χ1) is 18.8. The molecule has 0 radical (unpaired) electrons. The lowest BCUT2D eigenvalue weighted by atomic mass is 9.94. The van der Waals surface area contributed by atoms with Gasteiger partial charge in [-0.1, -0.05) is 49.4 Å². The highest BCUT2D eigenvalue weighted by Gasteiger charge is 2.45. The molecule has 7 nitrogen and oxygen atoms in total. The average molecular weight is 529 g/mol. The summed E-state index contributed by atoms with van der Waals surface area (Å²) < 4.78 is 11.7. The molecule has 0 saturated carbocycles. The molecule has 0 aromatic heterocycles. The number of carbonyl (C=O) groups excluding carboxylic acids is 2. The number of ketones is 1. The van der Waals surface area contributed by atoms with Crippen LogP contribution in [0.15, 0.2) is 78.4 Å². The van der Waals surface area contributed by atoms with Gasteiger partial charge in [-0.2, -0.15) is 0 Å². The van der Waals surface area contributed by atoms with Crippen molar-refractivity contribution in [3.63, 3.8) is 0 Å². The Balaban J connectivity index is 1.68. The molecule has 3 aromatic rings. The van der Waals surface area contributed by atoms with E-state index in [0.29, 0.717) is 37.6 Å². The number of amides is 1. The van der Waals surface area contributed by atoms with Gasteiger partial charge in [0.15, 0.2) is 0 Å². The number of ether oxygens (including phenoxy) is 2. The number of likely N-dealkylation sites (N-methyl/N-ethyl adjacent to an activating group) is 1. The van der Waals surface area contributed by atoms with Crippen molar-refractivity contribution in [1.82, 2.24) is 9.80 Å². The van der Waals surface area contributed by atoms with E-state index in [1.54, 1.807) is 23.1 Å². The Morgan fingerprint density at radius 2 is 1.69 bits per heavy atom. The van der Waals surface area contributed by atoms with Gasteiger partial charge in [0.25, 0.3) is 11.7 Å². The van der Waals surface area contributed by atoms with Crippen molar-refractivity contribution in [3.8, 4) is 11.5 Å². The van der Waals surface area contributed by atoms with Crippen LogP contribution < -0.4 is 9.47 Å². The molecular formula is C32H36N2O5. The van der Waals surface area contributed by atoms with Crippen molar-refractivity contribution in [2.45, 2.75) is 32.9 Å². The summed E-state index contributed by atoms with van der Waals surface area (Å²) >= 11 is 0. The Kier molecular flexibility index (Phi) is 9.04. The predicted octanol–water partition coefficient (Wildman–Crippen LogP) is 5.35. The van der Waals surface area contributed by atoms with Gasteiger partial charge in [0.05, 0.1) is 18.2 Å². The van der Waals surface area contributed by atoms with E-state index < -0.39 is 17.7 Å². The zero-order chi connectivity index (χ0) is 27.9. The topological polar surface area (TPSA) is 79.3 Å². The maximum atomic E-state index is 13.3. The normalized spacial score (nSPS) is 16.6. The second kappa shape index (κ2) is 12.6. The van der Waals surface area contributed by atoms with Crippen molar-refractivity contribution in [2.24, 2.45) is 0 Å². The number of hydrogen-bond donors (Lipinski definition) is 1. The van der Waals surface area contributed by atoms with Crippen LogP contribution in [0.3, 0.4) is 0 Å². The summed E-state index contributed by atoms with van der Waals surface area (Å²) in [5, 5.41) is 11.4. The van der Waals surface area contributed by atoms with Gasteiger partial charge in [-0.15, -0.1) is 0 Å². The summed E-state index contributed by atoms with van der Waals surface area (Å²) in [5.74, 6) is -0.106. The van der Waals surface area contributed by atoms with Gasteiger partial charge < -0.3 is 24.4 Å². The smallest absolute Gasteiger partial charge is 0.295 e. The van der Waals surface area contributed by atoms with Gasteiger partial charge in [-0.05, 0) is 74.5 Å². The van der Waals surface area contributed by atoms with Crippen LogP contribution in [0.2, 0.25) is 0 Å². The van der Waals surface area contributed by atoms with E-state index in [1.807, 2.05) is 87.4 Å². The lowest BCUT2D eigenvalue weighted by molar-refractivity contribution is -0.140. The molecule has 1 N–H and O–H groups in total. The third-order valence-electron chi connectivity index (χ3n) is 6.68. The van der Waals surface area contributed by atoms with Crippen molar-refractivity contribution in [1.29, 1.82) is 0 Å². The van der Waals surface area contributed by atoms with Gasteiger partial charge in [0, 0.05) is 18.7 Å². The number of aliphatic hydroxyl groups is 1. The van der Waals surface area contributed by atoms with Crippen molar-refractivity contribution < 1.29 is 24.2 Å². The molecular weight excluding hydrogens is 492 g/mol. The second-order valence-corrected chi connectivity index (χ2v) is 9.97.